The molecular weight excluding hydrogens is 192 g/mol. The first-order valence-electron chi connectivity index (χ1n) is 4.33. The number of hydrogen-bond donors (Lipinski definition) is 2. The van der Waals surface area contributed by atoms with Crippen LogP contribution in [-0.4, -0.2) is 46.6 Å². The van der Waals surface area contributed by atoms with Gasteiger partial charge < -0.3 is 24.4 Å². The third kappa shape index (κ3) is 1.40. The number of carboxylic acids is 1. The average molecular weight is 204 g/mol. The largest absolute Gasteiger partial charge is 0.479 e. The molecule has 0 aromatic carbocycles. The first kappa shape index (κ1) is 9.85. The zero-order chi connectivity index (χ0) is 10.5. The van der Waals surface area contributed by atoms with Crippen molar-refractivity contribution in [3.05, 3.63) is 0 Å². The molecule has 14 heavy (non-hydrogen) atoms. The molecule has 0 aromatic heterocycles. The molecule has 0 aliphatic carbocycles. The number of hydrogen-bond acceptors (Lipinski definition) is 5. The highest BCUT2D eigenvalue weighted by Crippen LogP contribution is 2.37. The molecule has 2 N–H and O–H groups in total. The first-order valence-corrected chi connectivity index (χ1v) is 4.33. The highest BCUT2D eigenvalue weighted by molar-refractivity contribution is 5.73. The van der Waals surface area contributed by atoms with Gasteiger partial charge in [0.2, 0.25) is 0 Å². The molecule has 6 nitrogen and oxygen atoms in total. The summed E-state index contributed by atoms with van der Waals surface area (Å²) in [4.78, 5) is 10.6. The maximum atomic E-state index is 10.6. The summed E-state index contributed by atoms with van der Waals surface area (Å²) in [5, 5.41) is 18.2. The van der Waals surface area contributed by atoms with Gasteiger partial charge in [-0.15, -0.1) is 0 Å². The fourth-order valence-corrected chi connectivity index (χ4v) is 1.70. The Bertz CT molecular complexity index is 263. The van der Waals surface area contributed by atoms with Gasteiger partial charge in [0.25, 0.3) is 0 Å². The Labute approximate surface area is 80.4 Å². The highest BCUT2D eigenvalue weighted by Gasteiger charge is 2.56. The van der Waals surface area contributed by atoms with Gasteiger partial charge in [-0.05, 0) is 13.8 Å². The zero-order valence-corrected chi connectivity index (χ0v) is 7.84. The minimum Gasteiger partial charge on any atom is -0.479 e. The van der Waals surface area contributed by atoms with E-state index < -0.39 is 36.4 Å². The fraction of sp³-hybridized carbons (Fsp3) is 0.875. The van der Waals surface area contributed by atoms with E-state index in [0.29, 0.717) is 0 Å². The van der Waals surface area contributed by atoms with Crippen LogP contribution in [0.4, 0.5) is 0 Å². The fourth-order valence-electron chi connectivity index (χ4n) is 1.70. The van der Waals surface area contributed by atoms with Crippen molar-refractivity contribution in [3.63, 3.8) is 0 Å². The predicted octanol–water partition coefficient (Wildman–Crippen LogP) is -0.692. The molecule has 80 valence electrons. The Hall–Kier alpha value is -0.690. The van der Waals surface area contributed by atoms with Crippen LogP contribution in [0, 0.1) is 0 Å². The number of carbonyl (C=O) groups is 1. The summed E-state index contributed by atoms with van der Waals surface area (Å²) in [6.07, 6.45) is -3.95. The molecule has 4 atom stereocenters. The Morgan fingerprint density at radius 2 is 2.00 bits per heavy atom. The zero-order valence-electron chi connectivity index (χ0n) is 7.84. The molecule has 0 aromatic rings. The number of aliphatic hydroxyl groups excluding tert-OH is 1. The molecule has 0 radical (unpaired) electrons. The molecule has 0 saturated carbocycles. The summed E-state index contributed by atoms with van der Waals surface area (Å²) in [7, 11) is 0. The maximum Gasteiger partial charge on any atom is 0.335 e. The Morgan fingerprint density at radius 1 is 1.36 bits per heavy atom. The normalized spacial score (nSPS) is 45.1. The van der Waals surface area contributed by atoms with Crippen LogP contribution in [0.2, 0.25) is 0 Å². The molecule has 4 unspecified atom stereocenters. The second-order valence-electron chi connectivity index (χ2n) is 3.85. The number of fused-ring (bicyclic) bond motifs is 1. The minimum atomic E-state index is -1.26. The van der Waals surface area contributed by atoms with Crippen LogP contribution in [0.15, 0.2) is 0 Å². The van der Waals surface area contributed by atoms with Crippen LogP contribution < -0.4 is 0 Å². The van der Waals surface area contributed by atoms with Gasteiger partial charge in [0.1, 0.15) is 12.2 Å². The molecular formula is C8H12O6. The van der Waals surface area contributed by atoms with Crippen LogP contribution in [0.1, 0.15) is 13.8 Å². The lowest BCUT2D eigenvalue weighted by Crippen LogP contribution is -2.38. The SMILES string of the molecule is CC1(C)OC2OC(C(=O)O)C(O)C2O1. The third-order valence-corrected chi connectivity index (χ3v) is 2.26. The third-order valence-electron chi connectivity index (χ3n) is 2.26. The van der Waals surface area contributed by atoms with Crippen molar-refractivity contribution in [2.45, 2.75) is 44.2 Å². The van der Waals surface area contributed by atoms with Crippen molar-refractivity contribution in [2.75, 3.05) is 0 Å². The van der Waals surface area contributed by atoms with Gasteiger partial charge in [-0.1, -0.05) is 0 Å². The number of aliphatic carboxylic acids is 1. The van der Waals surface area contributed by atoms with E-state index in [2.05, 4.69) is 0 Å². The average Bonchev–Trinajstić information content (AvgIpc) is 2.46. The topological polar surface area (TPSA) is 85.2 Å². The van der Waals surface area contributed by atoms with Crippen molar-refractivity contribution < 1.29 is 29.2 Å². The maximum absolute atomic E-state index is 10.6. The number of ether oxygens (including phenoxy) is 3. The standard InChI is InChI=1S/C8H12O6/c1-8(2)13-5-3(9)4(6(10)11)12-7(5)14-8/h3-5,7,9H,1-2H3,(H,10,11). The molecule has 2 aliphatic rings. The Morgan fingerprint density at radius 3 is 2.50 bits per heavy atom. The van der Waals surface area contributed by atoms with Crippen molar-refractivity contribution >= 4 is 5.97 Å². The summed E-state index contributed by atoms with van der Waals surface area (Å²) in [6.45, 7) is 3.36. The molecule has 2 rings (SSSR count). The van der Waals surface area contributed by atoms with Crippen LogP contribution in [-0.2, 0) is 19.0 Å². The summed E-state index contributed by atoms with van der Waals surface area (Å²) in [5.74, 6) is -2.04. The van der Waals surface area contributed by atoms with Crippen molar-refractivity contribution in [2.24, 2.45) is 0 Å². The molecule has 2 aliphatic heterocycles. The van der Waals surface area contributed by atoms with E-state index in [1.807, 2.05) is 0 Å². The quantitative estimate of drug-likeness (QED) is 0.588. The van der Waals surface area contributed by atoms with E-state index in [9.17, 15) is 9.90 Å². The number of carboxylic acid groups (broad SMARTS) is 1. The summed E-state index contributed by atoms with van der Waals surface area (Å²) < 4.78 is 15.6. The van der Waals surface area contributed by atoms with Gasteiger partial charge in [-0.2, -0.15) is 0 Å². The van der Waals surface area contributed by atoms with Crippen LogP contribution >= 0.6 is 0 Å². The van der Waals surface area contributed by atoms with Gasteiger partial charge in [0.15, 0.2) is 18.2 Å². The van der Waals surface area contributed by atoms with E-state index in [-0.39, 0.29) is 0 Å². The highest BCUT2D eigenvalue weighted by atomic mass is 16.8. The number of rotatable bonds is 1. The van der Waals surface area contributed by atoms with E-state index in [0.717, 1.165) is 0 Å². The van der Waals surface area contributed by atoms with Crippen molar-refractivity contribution in [3.8, 4) is 0 Å². The van der Waals surface area contributed by atoms with Gasteiger partial charge in [0.05, 0.1) is 0 Å². The van der Waals surface area contributed by atoms with Gasteiger partial charge in [-0.3, -0.25) is 0 Å². The van der Waals surface area contributed by atoms with Crippen LogP contribution in [0.5, 0.6) is 0 Å². The summed E-state index contributed by atoms with van der Waals surface area (Å²) in [6, 6.07) is 0. The summed E-state index contributed by atoms with van der Waals surface area (Å²) in [5.41, 5.74) is 0. The molecule has 2 saturated heterocycles. The minimum absolute atomic E-state index is 0.717. The molecule has 0 amide bonds. The van der Waals surface area contributed by atoms with E-state index in [1.54, 1.807) is 13.8 Å². The van der Waals surface area contributed by atoms with Crippen LogP contribution in [0.3, 0.4) is 0 Å². The van der Waals surface area contributed by atoms with Crippen molar-refractivity contribution in [1.29, 1.82) is 0 Å². The number of aliphatic hydroxyl groups is 1. The van der Waals surface area contributed by atoms with E-state index in [1.165, 1.54) is 0 Å². The molecule has 2 heterocycles. The molecule has 2 fully saturated rings. The lowest BCUT2D eigenvalue weighted by molar-refractivity contribution is -0.219. The van der Waals surface area contributed by atoms with Crippen LogP contribution in [0.25, 0.3) is 0 Å². The second-order valence-corrected chi connectivity index (χ2v) is 3.85. The van der Waals surface area contributed by atoms with E-state index >= 15 is 0 Å². The smallest absolute Gasteiger partial charge is 0.335 e. The lowest BCUT2D eigenvalue weighted by Gasteiger charge is -2.21. The van der Waals surface area contributed by atoms with Gasteiger partial charge in [0, 0.05) is 0 Å². The summed E-state index contributed by atoms with van der Waals surface area (Å²) >= 11 is 0. The van der Waals surface area contributed by atoms with Crippen molar-refractivity contribution in [1.82, 2.24) is 0 Å². The molecule has 0 bridgehead atoms. The van der Waals surface area contributed by atoms with E-state index in [4.69, 9.17) is 19.3 Å². The Balaban J connectivity index is 2.11. The van der Waals surface area contributed by atoms with Gasteiger partial charge in [-0.25, -0.2) is 4.79 Å². The molecule has 6 heteroatoms. The second kappa shape index (κ2) is 2.90. The monoisotopic (exact) mass is 204 g/mol. The van der Waals surface area contributed by atoms with Gasteiger partial charge >= 0.3 is 5.97 Å². The first-order chi connectivity index (χ1) is 6.41. The predicted molar refractivity (Wildman–Crippen MR) is 42.3 cm³/mol. The Kier molecular flexibility index (Phi) is 2.04. The lowest BCUT2D eigenvalue weighted by atomic mass is 10.1. The molecule has 0 spiro atoms.